The zero-order chi connectivity index (χ0) is 19.7. The third-order valence-corrected chi connectivity index (χ3v) is 6.94. The van der Waals surface area contributed by atoms with Gasteiger partial charge in [-0.15, -0.1) is 0 Å². The maximum Gasteiger partial charge on any atom is 0.176 e. The van der Waals surface area contributed by atoms with Crippen LogP contribution in [0.1, 0.15) is 41.6 Å². The normalized spacial score (nSPS) is 24.8. The van der Waals surface area contributed by atoms with Gasteiger partial charge in [0, 0.05) is 27.6 Å². The van der Waals surface area contributed by atoms with Gasteiger partial charge < -0.3 is 4.74 Å². The zero-order valence-corrected chi connectivity index (χ0v) is 17.6. The molecule has 2 fully saturated rings. The molecular weight excluding hydrogens is 393 g/mol. The number of fused-ring (bicyclic) bond motifs is 1. The molecule has 1 saturated heterocycles. The topological polar surface area (TPSA) is 29.5 Å². The summed E-state index contributed by atoms with van der Waals surface area (Å²) in [4.78, 5) is 15.1. The number of methoxy groups -OCH3 is 1. The van der Waals surface area contributed by atoms with E-state index in [0.29, 0.717) is 28.1 Å². The molecule has 3 nitrogen and oxygen atoms in total. The van der Waals surface area contributed by atoms with Crippen molar-refractivity contribution >= 4 is 29.0 Å². The van der Waals surface area contributed by atoms with Gasteiger partial charge in [0.2, 0.25) is 0 Å². The molecule has 2 atom stereocenters. The number of piperidine rings is 1. The maximum absolute atomic E-state index is 12.8. The third kappa shape index (κ3) is 3.80. The second kappa shape index (κ2) is 8.06. The van der Waals surface area contributed by atoms with Crippen LogP contribution in [0.15, 0.2) is 42.5 Å². The number of hydrogen-bond donors (Lipinski definition) is 0. The SMILES string of the molecule is COc1cccc(C23CCCC2CN(CC(=O)c2cc(Cl)cc(Cl)c2)CC3)c1. The smallest absolute Gasteiger partial charge is 0.176 e. The summed E-state index contributed by atoms with van der Waals surface area (Å²) in [6, 6.07) is 13.6. The summed E-state index contributed by atoms with van der Waals surface area (Å²) in [5, 5.41) is 1.00. The lowest BCUT2D eigenvalue weighted by molar-refractivity contribution is 0.0795. The van der Waals surface area contributed by atoms with Gasteiger partial charge in [0.05, 0.1) is 13.7 Å². The van der Waals surface area contributed by atoms with Crippen molar-refractivity contribution in [3.05, 3.63) is 63.6 Å². The van der Waals surface area contributed by atoms with Gasteiger partial charge in [-0.2, -0.15) is 0 Å². The van der Waals surface area contributed by atoms with Crippen molar-refractivity contribution < 1.29 is 9.53 Å². The Hall–Kier alpha value is -1.55. The van der Waals surface area contributed by atoms with E-state index in [9.17, 15) is 4.79 Å². The number of likely N-dealkylation sites (tertiary alicyclic amines) is 1. The summed E-state index contributed by atoms with van der Waals surface area (Å²) in [5.41, 5.74) is 2.20. The Labute approximate surface area is 176 Å². The molecule has 0 bridgehead atoms. The quantitative estimate of drug-likeness (QED) is 0.590. The van der Waals surface area contributed by atoms with Crippen LogP contribution in [-0.2, 0) is 5.41 Å². The van der Waals surface area contributed by atoms with Crippen LogP contribution in [0.2, 0.25) is 10.0 Å². The molecule has 0 radical (unpaired) electrons. The number of Topliss-reactive ketones (excluding diaryl/α,β-unsaturated/α-hetero) is 1. The van der Waals surface area contributed by atoms with Crippen LogP contribution in [-0.4, -0.2) is 37.4 Å². The van der Waals surface area contributed by atoms with Gasteiger partial charge in [-0.05, 0) is 67.6 Å². The maximum atomic E-state index is 12.8. The molecule has 1 aliphatic heterocycles. The van der Waals surface area contributed by atoms with E-state index < -0.39 is 0 Å². The molecule has 2 aliphatic rings. The number of rotatable bonds is 5. The Morgan fingerprint density at radius 1 is 1.18 bits per heavy atom. The molecule has 1 aliphatic carbocycles. The van der Waals surface area contributed by atoms with Crippen LogP contribution in [0.25, 0.3) is 0 Å². The first-order valence-electron chi connectivity index (χ1n) is 9.86. The first-order chi connectivity index (χ1) is 13.5. The highest BCUT2D eigenvalue weighted by molar-refractivity contribution is 6.35. The molecule has 2 aromatic rings. The summed E-state index contributed by atoms with van der Waals surface area (Å²) in [6.07, 6.45) is 4.75. The first kappa shape index (κ1) is 19.8. The van der Waals surface area contributed by atoms with Crippen LogP contribution in [0.3, 0.4) is 0 Å². The van der Waals surface area contributed by atoms with Crippen LogP contribution in [0.4, 0.5) is 0 Å². The number of benzene rings is 2. The largest absolute Gasteiger partial charge is 0.497 e. The van der Waals surface area contributed by atoms with E-state index in [4.69, 9.17) is 27.9 Å². The van der Waals surface area contributed by atoms with Crippen LogP contribution in [0, 0.1) is 5.92 Å². The summed E-state index contributed by atoms with van der Waals surface area (Å²) in [6.45, 7) is 2.30. The summed E-state index contributed by atoms with van der Waals surface area (Å²) < 4.78 is 5.46. The van der Waals surface area contributed by atoms with E-state index in [1.54, 1.807) is 25.3 Å². The molecule has 5 heteroatoms. The third-order valence-electron chi connectivity index (χ3n) is 6.51. The monoisotopic (exact) mass is 417 g/mol. The van der Waals surface area contributed by atoms with E-state index in [0.717, 1.165) is 25.3 Å². The van der Waals surface area contributed by atoms with Crippen molar-refractivity contribution in [1.82, 2.24) is 4.90 Å². The second-order valence-corrected chi connectivity index (χ2v) is 8.92. The van der Waals surface area contributed by atoms with Crippen molar-refractivity contribution in [2.24, 2.45) is 5.92 Å². The lowest BCUT2D eigenvalue weighted by Gasteiger charge is -2.45. The predicted molar refractivity (Wildman–Crippen MR) is 114 cm³/mol. The molecule has 28 heavy (non-hydrogen) atoms. The molecule has 0 N–H and O–H groups in total. The van der Waals surface area contributed by atoms with Gasteiger partial charge in [0.15, 0.2) is 5.78 Å². The molecule has 1 heterocycles. The summed E-state index contributed by atoms with van der Waals surface area (Å²) >= 11 is 12.1. The van der Waals surface area contributed by atoms with Crippen LogP contribution < -0.4 is 4.74 Å². The minimum atomic E-state index is 0.0799. The molecular formula is C23H25Cl2NO2. The molecule has 0 spiro atoms. The van der Waals surface area contributed by atoms with E-state index in [2.05, 4.69) is 23.1 Å². The van der Waals surface area contributed by atoms with Crippen molar-refractivity contribution in [2.45, 2.75) is 31.1 Å². The number of halogens is 2. The molecule has 0 amide bonds. The minimum Gasteiger partial charge on any atom is -0.497 e. The van der Waals surface area contributed by atoms with Gasteiger partial charge >= 0.3 is 0 Å². The highest BCUT2D eigenvalue weighted by Gasteiger charge is 2.47. The fraction of sp³-hybridized carbons (Fsp3) is 0.435. The number of carbonyl (C=O) groups excluding carboxylic acids is 1. The molecule has 1 saturated carbocycles. The van der Waals surface area contributed by atoms with Gasteiger partial charge in [0.25, 0.3) is 0 Å². The predicted octanol–water partition coefficient (Wildman–Crippen LogP) is 5.63. The van der Waals surface area contributed by atoms with Crippen molar-refractivity contribution in [3.63, 3.8) is 0 Å². The lowest BCUT2D eigenvalue weighted by Crippen LogP contribution is -2.48. The van der Waals surface area contributed by atoms with Crippen LogP contribution in [0.5, 0.6) is 5.75 Å². The van der Waals surface area contributed by atoms with E-state index in [1.165, 1.54) is 24.8 Å². The Kier molecular flexibility index (Phi) is 5.69. The average molecular weight is 418 g/mol. The van der Waals surface area contributed by atoms with Crippen LogP contribution >= 0.6 is 23.2 Å². The molecule has 2 unspecified atom stereocenters. The first-order valence-corrected chi connectivity index (χ1v) is 10.6. The Bertz CT molecular complexity index is 864. The Balaban J connectivity index is 1.49. The number of ether oxygens (including phenoxy) is 1. The Morgan fingerprint density at radius 3 is 2.71 bits per heavy atom. The number of hydrogen-bond acceptors (Lipinski definition) is 3. The highest BCUT2D eigenvalue weighted by atomic mass is 35.5. The van der Waals surface area contributed by atoms with Gasteiger partial charge in [-0.3, -0.25) is 9.69 Å². The lowest BCUT2D eigenvalue weighted by atomic mass is 9.67. The van der Waals surface area contributed by atoms with Crippen molar-refractivity contribution in [3.8, 4) is 5.75 Å². The van der Waals surface area contributed by atoms with Gasteiger partial charge in [-0.25, -0.2) is 0 Å². The Morgan fingerprint density at radius 2 is 1.96 bits per heavy atom. The number of nitrogens with zero attached hydrogens (tertiary/aromatic N) is 1. The summed E-state index contributed by atoms with van der Waals surface area (Å²) in [7, 11) is 1.72. The zero-order valence-electron chi connectivity index (χ0n) is 16.1. The number of carbonyl (C=O) groups is 1. The fourth-order valence-electron chi connectivity index (χ4n) is 5.11. The highest BCUT2D eigenvalue weighted by Crippen LogP contribution is 2.51. The average Bonchev–Trinajstić information content (AvgIpc) is 3.11. The van der Waals surface area contributed by atoms with Gasteiger partial charge in [-0.1, -0.05) is 41.8 Å². The summed E-state index contributed by atoms with van der Waals surface area (Å²) in [5.74, 6) is 1.58. The van der Waals surface area contributed by atoms with E-state index >= 15 is 0 Å². The second-order valence-electron chi connectivity index (χ2n) is 8.04. The van der Waals surface area contributed by atoms with Crippen molar-refractivity contribution in [2.75, 3.05) is 26.7 Å². The standard InChI is InChI=1S/C23H25Cl2NO2/c1-28-21-6-2-4-17(12-21)23-7-3-5-18(23)14-26(9-8-23)15-22(27)16-10-19(24)13-20(25)11-16/h2,4,6,10-13,18H,3,5,7-9,14-15H2,1H3. The van der Waals surface area contributed by atoms with Gasteiger partial charge in [0.1, 0.15) is 5.75 Å². The fourth-order valence-corrected chi connectivity index (χ4v) is 5.64. The molecule has 0 aromatic heterocycles. The molecule has 4 rings (SSSR count). The van der Waals surface area contributed by atoms with Crippen molar-refractivity contribution in [1.29, 1.82) is 0 Å². The minimum absolute atomic E-state index is 0.0799. The molecule has 148 valence electrons. The van der Waals surface area contributed by atoms with E-state index in [-0.39, 0.29) is 11.2 Å². The number of ketones is 1. The van der Waals surface area contributed by atoms with E-state index in [1.807, 2.05) is 6.07 Å². The molecule has 2 aromatic carbocycles.